The first kappa shape index (κ1) is 24.3. The van der Waals surface area contributed by atoms with Crippen molar-refractivity contribution in [3.63, 3.8) is 0 Å². The maximum absolute atomic E-state index is 13.4. The number of hydrogen-bond acceptors (Lipinski definition) is 3. The summed E-state index contributed by atoms with van der Waals surface area (Å²) < 4.78 is 85.5. The molecule has 2 saturated carbocycles. The third-order valence-electron chi connectivity index (χ3n) is 6.28. The Morgan fingerprint density at radius 1 is 0.935 bits per heavy atom. The lowest BCUT2D eigenvalue weighted by Crippen LogP contribution is -2.48. The van der Waals surface area contributed by atoms with Crippen LogP contribution in [0, 0.1) is 0 Å². The van der Waals surface area contributed by atoms with Gasteiger partial charge >= 0.3 is 12.4 Å². The molecule has 3 rings (SSSR count). The average Bonchev–Trinajstić information content (AvgIpc) is 3.19. The fourth-order valence-electron chi connectivity index (χ4n) is 4.69. The van der Waals surface area contributed by atoms with Gasteiger partial charge in [-0.1, -0.05) is 31.0 Å². The molecule has 0 spiro atoms. The van der Waals surface area contributed by atoms with Crippen molar-refractivity contribution in [1.29, 1.82) is 0 Å². The molecule has 2 aliphatic rings. The summed E-state index contributed by atoms with van der Waals surface area (Å²) in [4.78, 5) is 1.35. The van der Waals surface area contributed by atoms with Crippen LogP contribution in [-0.4, -0.2) is 47.1 Å². The first-order chi connectivity index (χ1) is 14.5. The Labute approximate surface area is 178 Å². The topological polar surface area (TPSA) is 32.7 Å². The number of benzene rings is 1. The second kappa shape index (κ2) is 10.1. The highest BCUT2D eigenvalue weighted by atomic mass is 19.4. The van der Waals surface area contributed by atoms with Crippen molar-refractivity contribution in [3.8, 4) is 0 Å². The normalized spacial score (nSPS) is 24.6. The molecule has 3 unspecified atom stereocenters. The van der Waals surface area contributed by atoms with Gasteiger partial charge in [-0.05, 0) is 50.2 Å². The monoisotopic (exact) mass is 453 g/mol. The van der Waals surface area contributed by atoms with E-state index in [1.165, 1.54) is 23.1 Å². The molecule has 31 heavy (non-hydrogen) atoms. The van der Waals surface area contributed by atoms with Crippen molar-refractivity contribution in [2.24, 2.45) is 0 Å². The highest BCUT2D eigenvalue weighted by Crippen LogP contribution is 2.35. The van der Waals surface area contributed by atoms with Crippen molar-refractivity contribution in [1.82, 2.24) is 4.90 Å². The zero-order valence-electron chi connectivity index (χ0n) is 17.3. The molecule has 0 aromatic heterocycles. The number of rotatable bonds is 7. The standard InChI is InChI=1S/C22H29F6NO2/c23-21(24,25)19-11-4-1-6-15(19)13-29(14-20(30)22(26,27)28)16-7-5-10-18(12-16)31-17-8-2-3-9-17/h1,4,6,11,16-18,20,30H,2-3,5,7-10,12-14H2. The first-order valence-electron chi connectivity index (χ1n) is 10.8. The second-order valence-electron chi connectivity index (χ2n) is 8.63. The number of aliphatic hydroxyl groups excluding tert-OH is 1. The quantitative estimate of drug-likeness (QED) is 0.538. The van der Waals surface area contributed by atoms with Crippen LogP contribution in [0.15, 0.2) is 24.3 Å². The SMILES string of the molecule is OC(CN(Cc1ccccc1C(F)(F)F)C1CCCC(OC2CCCC2)C1)C(F)(F)F. The average molecular weight is 453 g/mol. The number of hydrogen-bond donors (Lipinski definition) is 1. The van der Waals surface area contributed by atoms with Gasteiger partial charge in [0.2, 0.25) is 0 Å². The van der Waals surface area contributed by atoms with Crippen LogP contribution >= 0.6 is 0 Å². The van der Waals surface area contributed by atoms with Crippen LogP contribution in [0.1, 0.15) is 62.5 Å². The summed E-state index contributed by atoms with van der Waals surface area (Å²) in [5.41, 5.74) is -0.959. The maximum Gasteiger partial charge on any atom is 0.416 e. The van der Waals surface area contributed by atoms with Crippen LogP contribution in [-0.2, 0) is 17.5 Å². The zero-order valence-corrected chi connectivity index (χ0v) is 17.3. The third kappa shape index (κ3) is 6.83. The highest BCUT2D eigenvalue weighted by molar-refractivity contribution is 5.29. The molecule has 0 bridgehead atoms. The predicted molar refractivity (Wildman–Crippen MR) is 103 cm³/mol. The van der Waals surface area contributed by atoms with Gasteiger partial charge in [-0.25, -0.2) is 0 Å². The van der Waals surface area contributed by atoms with E-state index in [9.17, 15) is 31.4 Å². The molecule has 1 aromatic rings. The fraction of sp³-hybridized carbons (Fsp3) is 0.727. The molecule has 0 radical (unpaired) electrons. The van der Waals surface area contributed by atoms with Gasteiger partial charge in [-0.3, -0.25) is 4.90 Å². The number of halogens is 6. The molecule has 0 heterocycles. The van der Waals surface area contributed by atoms with E-state index < -0.39 is 36.6 Å². The van der Waals surface area contributed by atoms with Gasteiger partial charge in [0.15, 0.2) is 6.10 Å². The zero-order chi connectivity index (χ0) is 22.6. The van der Waals surface area contributed by atoms with Crippen LogP contribution in [0.5, 0.6) is 0 Å². The fourth-order valence-corrected chi connectivity index (χ4v) is 4.69. The summed E-state index contributed by atoms with van der Waals surface area (Å²) in [5, 5.41) is 9.67. The molecule has 1 aromatic carbocycles. The minimum absolute atomic E-state index is 0.0943. The van der Waals surface area contributed by atoms with Crippen molar-refractivity contribution in [2.75, 3.05) is 6.54 Å². The van der Waals surface area contributed by atoms with Crippen LogP contribution in [0.3, 0.4) is 0 Å². The van der Waals surface area contributed by atoms with Gasteiger partial charge < -0.3 is 9.84 Å². The van der Waals surface area contributed by atoms with Gasteiger partial charge in [0.25, 0.3) is 0 Å². The van der Waals surface area contributed by atoms with Crippen LogP contribution in [0.4, 0.5) is 26.3 Å². The lowest BCUT2D eigenvalue weighted by molar-refractivity contribution is -0.211. The van der Waals surface area contributed by atoms with E-state index in [0.717, 1.165) is 44.6 Å². The van der Waals surface area contributed by atoms with E-state index in [-0.39, 0.29) is 24.3 Å². The Hall–Kier alpha value is -1.32. The van der Waals surface area contributed by atoms with Crippen molar-refractivity contribution in [2.45, 2.75) is 94.6 Å². The van der Waals surface area contributed by atoms with E-state index in [4.69, 9.17) is 4.74 Å². The van der Waals surface area contributed by atoms with E-state index in [1.807, 2.05) is 0 Å². The molecular formula is C22H29F6NO2. The maximum atomic E-state index is 13.4. The number of ether oxygens (including phenoxy) is 1. The summed E-state index contributed by atoms with van der Waals surface area (Å²) in [5.74, 6) is 0. The molecule has 176 valence electrons. The van der Waals surface area contributed by atoms with Crippen molar-refractivity contribution in [3.05, 3.63) is 35.4 Å². The third-order valence-corrected chi connectivity index (χ3v) is 6.28. The Morgan fingerprint density at radius 3 is 2.23 bits per heavy atom. The molecule has 0 aliphatic heterocycles. The van der Waals surface area contributed by atoms with Gasteiger partial charge in [0.1, 0.15) is 0 Å². The summed E-state index contributed by atoms with van der Waals surface area (Å²) in [6.07, 6.45) is -5.37. The number of alkyl halides is 6. The molecular weight excluding hydrogens is 424 g/mol. The van der Waals surface area contributed by atoms with Crippen LogP contribution in [0.2, 0.25) is 0 Å². The van der Waals surface area contributed by atoms with Crippen molar-refractivity contribution >= 4 is 0 Å². The Morgan fingerprint density at radius 2 is 1.58 bits per heavy atom. The Balaban J connectivity index is 1.78. The molecule has 9 heteroatoms. The number of aliphatic hydroxyl groups is 1. The molecule has 2 fully saturated rings. The minimum atomic E-state index is -4.84. The molecule has 0 amide bonds. The molecule has 0 saturated heterocycles. The predicted octanol–water partition coefficient (Wildman–Crippen LogP) is 5.70. The lowest BCUT2D eigenvalue weighted by Gasteiger charge is -2.39. The molecule has 1 N–H and O–H groups in total. The largest absolute Gasteiger partial charge is 0.416 e. The molecule has 3 atom stereocenters. The smallest absolute Gasteiger partial charge is 0.382 e. The van der Waals surface area contributed by atoms with Gasteiger partial charge in [-0.2, -0.15) is 26.3 Å². The van der Waals surface area contributed by atoms with E-state index in [2.05, 4.69) is 0 Å². The molecule has 2 aliphatic carbocycles. The van der Waals surface area contributed by atoms with Crippen LogP contribution < -0.4 is 0 Å². The summed E-state index contributed by atoms with van der Waals surface area (Å²) in [6.45, 7) is -1.08. The van der Waals surface area contributed by atoms with E-state index in [0.29, 0.717) is 12.8 Å². The number of nitrogens with zero attached hydrogens (tertiary/aromatic N) is 1. The second-order valence-corrected chi connectivity index (χ2v) is 8.63. The molecule has 3 nitrogen and oxygen atoms in total. The lowest BCUT2D eigenvalue weighted by atomic mass is 9.90. The van der Waals surface area contributed by atoms with E-state index >= 15 is 0 Å². The Bertz CT molecular complexity index is 702. The highest BCUT2D eigenvalue weighted by Gasteiger charge is 2.42. The van der Waals surface area contributed by atoms with E-state index in [1.54, 1.807) is 0 Å². The van der Waals surface area contributed by atoms with Crippen LogP contribution in [0.25, 0.3) is 0 Å². The minimum Gasteiger partial charge on any atom is -0.382 e. The van der Waals surface area contributed by atoms with Gasteiger partial charge in [0.05, 0.1) is 17.8 Å². The summed E-state index contributed by atoms with van der Waals surface area (Å²) >= 11 is 0. The summed E-state index contributed by atoms with van der Waals surface area (Å²) in [7, 11) is 0. The van der Waals surface area contributed by atoms with Gasteiger partial charge in [0, 0.05) is 19.1 Å². The Kier molecular flexibility index (Phi) is 7.91. The first-order valence-corrected chi connectivity index (χ1v) is 10.8. The van der Waals surface area contributed by atoms with Crippen molar-refractivity contribution < 1.29 is 36.2 Å². The van der Waals surface area contributed by atoms with Gasteiger partial charge in [-0.15, -0.1) is 0 Å². The summed E-state index contributed by atoms with van der Waals surface area (Å²) in [6, 6.07) is 4.52.